The molecule has 1 atom stereocenters. The number of halogens is 2. The van der Waals surface area contributed by atoms with Gasteiger partial charge in [-0.2, -0.15) is 0 Å². The first-order valence-corrected chi connectivity index (χ1v) is 8.59. The lowest BCUT2D eigenvalue weighted by Crippen LogP contribution is -2.38. The van der Waals surface area contributed by atoms with Crippen LogP contribution in [0.15, 0.2) is 53.5 Å². The van der Waals surface area contributed by atoms with Crippen LogP contribution in [-0.2, 0) is 6.54 Å². The van der Waals surface area contributed by atoms with E-state index in [1.54, 1.807) is 25.3 Å². The van der Waals surface area contributed by atoms with Gasteiger partial charge in [-0.05, 0) is 42.3 Å². The molecule has 2 aromatic carbocycles. The molecular weight excluding hydrogens is 460 g/mol. The number of hydrogen-bond acceptors (Lipinski definition) is 3. The summed E-state index contributed by atoms with van der Waals surface area (Å²) in [5.74, 6) is 1.13. The number of aliphatic hydroxyl groups is 1. The predicted molar refractivity (Wildman–Crippen MR) is 117 cm³/mol. The first-order chi connectivity index (χ1) is 12.5. The number of nitrogens with zero attached hydrogens (tertiary/aromatic N) is 2. The van der Waals surface area contributed by atoms with Gasteiger partial charge in [-0.15, -0.1) is 24.0 Å². The SMILES string of the molecule is CCNC(=NCC(O)c1cccc(OC)c1)N(C)Cc1ccc(F)cc1.I. The lowest BCUT2D eigenvalue weighted by molar-refractivity contribution is 0.186. The Kier molecular flexibility index (Phi) is 10.1. The maximum absolute atomic E-state index is 13.0. The Hall–Kier alpha value is -1.87. The van der Waals surface area contributed by atoms with Crippen LogP contribution in [0, 0.1) is 5.82 Å². The molecule has 7 heteroatoms. The molecule has 2 N–H and O–H groups in total. The second-order valence-electron chi connectivity index (χ2n) is 5.97. The highest BCUT2D eigenvalue weighted by Gasteiger charge is 2.11. The van der Waals surface area contributed by atoms with Gasteiger partial charge in [0.2, 0.25) is 0 Å². The van der Waals surface area contributed by atoms with Gasteiger partial charge < -0.3 is 20.1 Å². The molecule has 0 aliphatic heterocycles. The van der Waals surface area contributed by atoms with Crippen LogP contribution in [0.1, 0.15) is 24.2 Å². The number of hydrogen-bond donors (Lipinski definition) is 2. The average Bonchev–Trinajstić information content (AvgIpc) is 2.66. The number of benzene rings is 2. The molecule has 0 amide bonds. The minimum absolute atomic E-state index is 0. The molecule has 0 aromatic heterocycles. The summed E-state index contributed by atoms with van der Waals surface area (Å²) in [5, 5.41) is 13.6. The van der Waals surface area contributed by atoms with Crippen molar-refractivity contribution in [3.05, 3.63) is 65.5 Å². The first kappa shape index (κ1) is 23.2. The van der Waals surface area contributed by atoms with E-state index in [2.05, 4.69) is 10.3 Å². The summed E-state index contributed by atoms with van der Waals surface area (Å²) in [6.07, 6.45) is -0.724. The Morgan fingerprint density at radius 3 is 2.59 bits per heavy atom. The fourth-order valence-electron chi connectivity index (χ4n) is 2.54. The molecule has 0 heterocycles. The number of aliphatic imine (C=N–C) groups is 1. The van der Waals surface area contributed by atoms with Crippen molar-refractivity contribution in [3.8, 4) is 5.75 Å². The number of rotatable bonds is 7. The molecule has 1 unspecified atom stereocenters. The largest absolute Gasteiger partial charge is 0.497 e. The molecule has 0 radical (unpaired) electrons. The minimum Gasteiger partial charge on any atom is -0.497 e. The van der Waals surface area contributed by atoms with E-state index >= 15 is 0 Å². The van der Waals surface area contributed by atoms with Crippen molar-refractivity contribution >= 4 is 29.9 Å². The molecule has 0 saturated heterocycles. The normalized spacial score (nSPS) is 12.1. The van der Waals surface area contributed by atoms with E-state index in [1.807, 2.05) is 37.1 Å². The van der Waals surface area contributed by atoms with Crippen LogP contribution in [-0.4, -0.2) is 43.2 Å². The van der Waals surface area contributed by atoms with Gasteiger partial charge in [0.25, 0.3) is 0 Å². The molecule has 148 valence electrons. The Morgan fingerprint density at radius 2 is 1.96 bits per heavy atom. The van der Waals surface area contributed by atoms with Crippen LogP contribution in [0.25, 0.3) is 0 Å². The number of aliphatic hydroxyl groups excluding tert-OH is 1. The molecule has 0 spiro atoms. The van der Waals surface area contributed by atoms with Crippen LogP contribution >= 0.6 is 24.0 Å². The molecule has 5 nitrogen and oxygen atoms in total. The van der Waals surface area contributed by atoms with E-state index in [1.165, 1.54) is 12.1 Å². The van der Waals surface area contributed by atoms with E-state index in [4.69, 9.17) is 4.74 Å². The van der Waals surface area contributed by atoms with E-state index in [0.29, 0.717) is 24.8 Å². The summed E-state index contributed by atoms with van der Waals surface area (Å²) in [6.45, 7) is 3.51. The van der Waals surface area contributed by atoms with Crippen LogP contribution in [0.5, 0.6) is 5.75 Å². The Morgan fingerprint density at radius 1 is 1.26 bits per heavy atom. The number of methoxy groups -OCH3 is 1. The van der Waals surface area contributed by atoms with Crippen molar-refractivity contribution in [1.29, 1.82) is 0 Å². The Labute approximate surface area is 177 Å². The summed E-state index contributed by atoms with van der Waals surface area (Å²) < 4.78 is 18.2. The van der Waals surface area contributed by atoms with Crippen LogP contribution in [0.3, 0.4) is 0 Å². The van der Waals surface area contributed by atoms with Gasteiger partial charge in [0.1, 0.15) is 11.6 Å². The van der Waals surface area contributed by atoms with Crippen LogP contribution < -0.4 is 10.1 Å². The third kappa shape index (κ3) is 7.34. The van der Waals surface area contributed by atoms with Crippen LogP contribution in [0.2, 0.25) is 0 Å². The molecule has 0 fully saturated rings. The highest BCUT2D eigenvalue weighted by molar-refractivity contribution is 14.0. The van der Waals surface area contributed by atoms with Crippen molar-refractivity contribution in [2.45, 2.75) is 19.6 Å². The van der Waals surface area contributed by atoms with Crippen molar-refractivity contribution < 1.29 is 14.2 Å². The maximum atomic E-state index is 13.0. The van der Waals surface area contributed by atoms with Crippen molar-refractivity contribution in [2.24, 2.45) is 4.99 Å². The van der Waals surface area contributed by atoms with Crippen molar-refractivity contribution in [3.63, 3.8) is 0 Å². The Balaban J connectivity index is 0.00000364. The molecule has 0 bridgehead atoms. The zero-order valence-electron chi connectivity index (χ0n) is 15.9. The molecule has 27 heavy (non-hydrogen) atoms. The summed E-state index contributed by atoms with van der Waals surface area (Å²) >= 11 is 0. The highest BCUT2D eigenvalue weighted by Crippen LogP contribution is 2.19. The van der Waals surface area contributed by atoms with Gasteiger partial charge in [-0.3, -0.25) is 4.99 Å². The smallest absolute Gasteiger partial charge is 0.194 e. The zero-order valence-corrected chi connectivity index (χ0v) is 18.2. The first-order valence-electron chi connectivity index (χ1n) is 8.59. The van der Waals surface area contributed by atoms with Gasteiger partial charge in [0.15, 0.2) is 5.96 Å². The zero-order chi connectivity index (χ0) is 18.9. The Bertz CT molecular complexity index is 725. The predicted octanol–water partition coefficient (Wildman–Crippen LogP) is 3.58. The average molecular weight is 487 g/mol. The number of ether oxygens (including phenoxy) is 1. The lowest BCUT2D eigenvalue weighted by Gasteiger charge is -2.22. The standard InChI is InChI=1S/C20H26FN3O2.HI/c1-4-22-20(24(2)14-15-8-10-17(21)11-9-15)23-13-19(25)16-6-5-7-18(12-16)26-3;/h5-12,19,25H,4,13-14H2,1-3H3,(H,22,23);1H. The minimum atomic E-state index is -0.724. The fourth-order valence-corrected chi connectivity index (χ4v) is 2.54. The molecule has 0 aliphatic rings. The fraction of sp³-hybridized carbons (Fsp3) is 0.350. The van der Waals surface area contributed by atoms with E-state index in [-0.39, 0.29) is 36.3 Å². The summed E-state index contributed by atoms with van der Waals surface area (Å²) in [5.41, 5.74) is 1.73. The quantitative estimate of drug-likeness (QED) is 0.356. The van der Waals surface area contributed by atoms with Gasteiger partial charge in [-0.1, -0.05) is 24.3 Å². The second kappa shape index (κ2) is 11.8. The lowest BCUT2D eigenvalue weighted by atomic mass is 10.1. The summed E-state index contributed by atoms with van der Waals surface area (Å²) in [7, 11) is 3.50. The molecule has 0 saturated carbocycles. The molecule has 2 rings (SSSR count). The third-order valence-corrected chi connectivity index (χ3v) is 3.92. The monoisotopic (exact) mass is 487 g/mol. The molecular formula is C20H27FIN3O2. The van der Waals surface area contributed by atoms with Gasteiger partial charge in [0, 0.05) is 20.1 Å². The molecule has 2 aromatic rings. The maximum Gasteiger partial charge on any atom is 0.194 e. The number of guanidine groups is 1. The van der Waals surface area contributed by atoms with Crippen molar-refractivity contribution in [1.82, 2.24) is 10.2 Å². The van der Waals surface area contributed by atoms with Crippen molar-refractivity contribution in [2.75, 3.05) is 27.2 Å². The van der Waals surface area contributed by atoms with Crippen LogP contribution in [0.4, 0.5) is 4.39 Å². The summed E-state index contributed by atoms with van der Waals surface area (Å²) in [4.78, 5) is 6.46. The second-order valence-corrected chi connectivity index (χ2v) is 5.97. The topological polar surface area (TPSA) is 57.1 Å². The van der Waals surface area contributed by atoms with E-state index in [0.717, 1.165) is 11.1 Å². The summed E-state index contributed by atoms with van der Waals surface area (Å²) in [6, 6.07) is 13.7. The third-order valence-electron chi connectivity index (χ3n) is 3.92. The van der Waals surface area contributed by atoms with E-state index < -0.39 is 6.10 Å². The number of nitrogens with one attached hydrogen (secondary N) is 1. The highest BCUT2D eigenvalue weighted by atomic mass is 127. The van der Waals surface area contributed by atoms with E-state index in [9.17, 15) is 9.50 Å². The molecule has 0 aliphatic carbocycles. The van der Waals surface area contributed by atoms with Gasteiger partial charge in [0.05, 0.1) is 19.8 Å². The van der Waals surface area contributed by atoms with Gasteiger partial charge in [-0.25, -0.2) is 4.39 Å². The van der Waals surface area contributed by atoms with Gasteiger partial charge >= 0.3 is 0 Å².